The summed E-state index contributed by atoms with van der Waals surface area (Å²) in [6, 6.07) is 13.6. The highest BCUT2D eigenvalue weighted by molar-refractivity contribution is 8.26. The van der Waals surface area contributed by atoms with Gasteiger partial charge in [0.15, 0.2) is 0 Å². The van der Waals surface area contributed by atoms with Gasteiger partial charge in [0.2, 0.25) is 0 Å². The van der Waals surface area contributed by atoms with E-state index in [-0.39, 0.29) is 5.91 Å². The second-order valence-corrected chi connectivity index (χ2v) is 7.44. The Morgan fingerprint density at radius 3 is 2.62 bits per heavy atom. The molecule has 1 aliphatic rings. The van der Waals surface area contributed by atoms with Gasteiger partial charge in [-0.3, -0.25) is 4.79 Å². The molecule has 3 rings (SSSR count). The van der Waals surface area contributed by atoms with Crippen molar-refractivity contribution >= 4 is 51.9 Å². The first kappa shape index (κ1) is 17.0. The summed E-state index contributed by atoms with van der Waals surface area (Å²) in [6.07, 6.45) is 1.76. The summed E-state index contributed by atoms with van der Waals surface area (Å²) < 4.78 is 6.24. The molecule has 0 aromatic heterocycles. The third-order valence-electron chi connectivity index (χ3n) is 3.41. The van der Waals surface area contributed by atoms with Crippen LogP contribution in [0.3, 0.4) is 0 Å². The Morgan fingerprint density at radius 1 is 1.25 bits per heavy atom. The zero-order chi connectivity index (χ0) is 17.1. The first-order valence-corrected chi connectivity index (χ1v) is 8.84. The molecule has 0 bridgehead atoms. The maximum absolute atomic E-state index is 11.7. The highest BCUT2D eigenvalue weighted by Gasteiger charge is 2.21. The summed E-state index contributed by atoms with van der Waals surface area (Å²) >= 11 is 12.5. The van der Waals surface area contributed by atoms with Gasteiger partial charge in [0.1, 0.15) is 16.7 Å². The number of benzene rings is 2. The Morgan fingerprint density at radius 2 is 2.00 bits per heavy atom. The summed E-state index contributed by atoms with van der Waals surface area (Å²) in [5, 5.41) is 3.09. The van der Waals surface area contributed by atoms with Crippen molar-refractivity contribution in [3.05, 3.63) is 69.1 Å². The molecule has 24 heavy (non-hydrogen) atoms. The molecule has 122 valence electrons. The van der Waals surface area contributed by atoms with E-state index in [1.807, 2.05) is 37.3 Å². The minimum atomic E-state index is -0.180. The molecule has 0 saturated carbocycles. The van der Waals surface area contributed by atoms with Gasteiger partial charge in [-0.25, -0.2) is 0 Å². The van der Waals surface area contributed by atoms with Crippen LogP contribution in [-0.2, 0) is 11.4 Å². The summed E-state index contributed by atoms with van der Waals surface area (Å²) in [6.45, 7) is 2.50. The number of rotatable bonds is 4. The molecule has 1 amide bonds. The lowest BCUT2D eigenvalue weighted by Crippen LogP contribution is -2.17. The molecule has 0 aliphatic carbocycles. The number of hydrogen-bond acceptors (Lipinski definition) is 4. The van der Waals surface area contributed by atoms with Crippen molar-refractivity contribution in [3.8, 4) is 5.75 Å². The number of halogens is 1. The average Bonchev–Trinajstić information content (AvgIpc) is 2.86. The zero-order valence-electron chi connectivity index (χ0n) is 12.8. The van der Waals surface area contributed by atoms with E-state index in [9.17, 15) is 4.79 Å². The van der Waals surface area contributed by atoms with Crippen LogP contribution < -0.4 is 10.1 Å². The van der Waals surface area contributed by atoms with E-state index in [1.54, 1.807) is 18.2 Å². The first-order valence-electron chi connectivity index (χ1n) is 7.24. The summed E-state index contributed by atoms with van der Waals surface area (Å²) in [4.78, 5) is 12.2. The second kappa shape index (κ2) is 7.38. The van der Waals surface area contributed by atoms with Crippen molar-refractivity contribution in [2.75, 3.05) is 0 Å². The van der Waals surface area contributed by atoms with E-state index in [1.165, 1.54) is 17.3 Å². The number of carbonyl (C=O) groups excluding carboxylic acids is 1. The van der Waals surface area contributed by atoms with Gasteiger partial charge in [-0.05, 0) is 36.3 Å². The maximum atomic E-state index is 11.7. The molecule has 0 atom stereocenters. The van der Waals surface area contributed by atoms with Crippen LogP contribution in [0, 0.1) is 6.92 Å². The molecular formula is C18H14ClNO2S2. The number of thiocarbonyl (C=S) groups is 1. The number of carbonyl (C=O) groups is 1. The number of thioether (sulfide) groups is 1. The Labute approximate surface area is 155 Å². The summed E-state index contributed by atoms with van der Waals surface area (Å²) in [5.74, 6) is 0.430. The van der Waals surface area contributed by atoms with Crippen LogP contribution >= 0.6 is 35.6 Å². The van der Waals surface area contributed by atoms with E-state index in [0.29, 0.717) is 26.6 Å². The number of hydrogen-bond donors (Lipinski definition) is 1. The summed E-state index contributed by atoms with van der Waals surface area (Å²) in [7, 11) is 0. The summed E-state index contributed by atoms with van der Waals surface area (Å²) in [5.41, 5.74) is 3.11. The molecule has 0 spiro atoms. The number of nitrogens with one attached hydrogen (secondary N) is 1. The minimum absolute atomic E-state index is 0.180. The van der Waals surface area contributed by atoms with Crippen molar-refractivity contribution in [3.63, 3.8) is 0 Å². The lowest BCUT2D eigenvalue weighted by molar-refractivity contribution is -0.115. The average molecular weight is 376 g/mol. The van der Waals surface area contributed by atoms with Gasteiger partial charge in [0, 0.05) is 0 Å². The lowest BCUT2D eigenvalue weighted by atomic mass is 10.1. The highest BCUT2D eigenvalue weighted by atomic mass is 35.5. The smallest absolute Gasteiger partial charge is 0.263 e. The van der Waals surface area contributed by atoms with Crippen molar-refractivity contribution in [1.29, 1.82) is 0 Å². The molecule has 1 fully saturated rings. The van der Waals surface area contributed by atoms with Crippen LogP contribution in [0.4, 0.5) is 0 Å². The lowest BCUT2D eigenvalue weighted by Gasteiger charge is -2.09. The SMILES string of the molecule is Cc1ccc(COc2ccc(/C=C3\SC(=S)NC3=O)cc2Cl)cc1. The Bertz CT molecular complexity index is 831. The van der Waals surface area contributed by atoms with E-state index in [4.69, 9.17) is 28.6 Å². The fourth-order valence-corrected chi connectivity index (χ4v) is 3.43. The predicted octanol–water partition coefficient (Wildman–Crippen LogP) is 4.72. The van der Waals surface area contributed by atoms with Gasteiger partial charge < -0.3 is 10.1 Å². The maximum Gasteiger partial charge on any atom is 0.263 e. The molecule has 1 aliphatic heterocycles. The zero-order valence-corrected chi connectivity index (χ0v) is 15.2. The monoisotopic (exact) mass is 375 g/mol. The highest BCUT2D eigenvalue weighted by Crippen LogP contribution is 2.30. The van der Waals surface area contributed by atoms with Crippen molar-refractivity contribution in [2.24, 2.45) is 0 Å². The predicted molar refractivity (Wildman–Crippen MR) is 103 cm³/mol. The van der Waals surface area contributed by atoms with Gasteiger partial charge in [0.05, 0.1) is 9.93 Å². The molecule has 1 saturated heterocycles. The van der Waals surface area contributed by atoms with Crippen LogP contribution in [0.25, 0.3) is 6.08 Å². The Kier molecular flexibility index (Phi) is 5.23. The minimum Gasteiger partial charge on any atom is -0.487 e. The largest absolute Gasteiger partial charge is 0.487 e. The van der Waals surface area contributed by atoms with Crippen molar-refractivity contribution in [2.45, 2.75) is 13.5 Å². The van der Waals surface area contributed by atoms with Crippen LogP contribution in [0.2, 0.25) is 5.02 Å². The van der Waals surface area contributed by atoms with Crippen LogP contribution in [-0.4, -0.2) is 10.2 Å². The number of aryl methyl sites for hydroxylation is 1. The molecule has 1 heterocycles. The van der Waals surface area contributed by atoms with Crippen molar-refractivity contribution in [1.82, 2.24) is 5.32 Å². The first-order chi connectivity index (χ1) is 11.5. The van der Waals surface area contributed by atoms with Crippen LogP contribution in [0.5, 0.6) is 5.75 Å². The van der Waals surface area contributed by atoms with Gasteiger partial charge in [0.25, 0.3) is 5.91 Å². The van der Waals surface area contributed by atoms with E-state index in [2.05, 4.69) is 5.32 Å². The van der Waals surface area contributed by atoms with Gasteiger partial charge in [-0.1, -0.05) is 71.5 Å². The number of amides is 1. The molecule has 3 nitrogen and oxygen atoms in total. The molecule has 2 aromatic rings. The van der Waals surface area contributed by atoms with Crippen LogP contribution in [0.15, 0.2) is 47.4 Å². The fraction of sp³-hybridized carbons (Fsp3) is 0.111. The van der Waals surface area contributed by atoms with Gasteiger partial charge in [-0.2, -0.15) is 0 Å². The topological polar surface area (TPSA) is 38.3 Å². The van der Waals surface area contributed by atoms with Crippen LogP contribution in [0.1, 0.15) is 16.7 Å². The Hall–Kier alpha value is -1.82. The molecule has 2 aromatic carbocycles. The van der Waals surface area contributed by atoms with Gasteiger partial charge in [-0.15, -0.1) is 0 Å². The third kappa shape index (κ3) is 4.17. The van der Waals surface area contributed by atoms with Gasteiger partial charge >= 0.3 is 0 Å². The molecule has 0 unspecified atom stereocenters. The molecule has 0 radical (unpaired) electrons. The quantitative estimate of drug-likeness (QED) is 0.620. The molecule has 1 N–H and O–H groups in total. The van der Waals surface area contributed by atoms with E-state index < -0.39 is 0 Å². The van der Waals surface area contributed by atoms with E-state index >= 15 is 0 Å². The second-order valence-electron chi connectivity index (χ2n) is 5.32. The standard InChI is InChI=1S/C18H14ClNO2S2/c1-11-2-4-12(5-3-11)10-22-15-7-6-13(8-14(15)19)9-16-17(21)20-18(23)24-16/h2-9H,10H2,1H3,(H,20,21,23)/b16-9-. The normalized spacial score (nSPS) is 15.7. The Balaban J connectivity index is 1.70. The third-order valence-corrected chi connectivity index (χ3v) is 4.87. The van der Waals surface area contributed by atoms with E-state index in [0.717, 1.165) is 11.1 Å². The molecular weight excluding hydrogens is 362 g/mol. The van der Waals surface area contributed by atoms with Crippen molar-refractivity contribution < 1.29 is 9.53 Å². The number of ether oxygens (including phenoxy) is 1. The fourth-order valence-electron chi connectivity index (χ4n) is 2.14. The molecule has 6 heteroatoms.